The minimum absolute atomic E-state index is 0.0235. The topological polar surface area (TPSA) is 68.4 Å². The van der Waals surface area contributed by atoms with Gasteiger partial charge < -0.3 is 15.2 Å². The van der Waals surface area contributed by atoms with Crippen molar-refractivity contribution in [3.8, 4) is 0 Å². The first-order chi connectivity index (χ1) is 15.2. The monoisotopic (exact) mass is 416 g/mol. The molecule has 1 aromatic heterocycles. The first-order valence-corrected chi connectivity index (χ1v) is 11.2. The highest BCUT2D eigenvalue weighted by atomic mass is 16.2. The van der Waals surface area contributed by atoms with Crippen LogP contribution in [-0.4, -0.2) is 47.9 Å². The Balaban J connectivity index is 1.19. The fraction of sp³-hybridized carbons (Fsp3) is 0.360. The molecule has 0 radical (unpaired) electrons. The summed E-state index contributed by atoms with van der Waals surface area (Å²) in [7, 11) is 0. The van der Waals surface area contributed by atoms with Crippen molar-refractivity contribution >= 4 is 34.1 Å². The van der Waals surface area contributed by atoms with E-state index in [1.165, 1.54) is 16.5 Å². The van der Waals surface area contributed by atoms with E-state index in [0.717, 1.165) is 43.7 Å². The number of fused-ring (bicyclic) bond motifs is 1. The lowest BCUT2D eigenvalue weighted by molar-refractivity contribution is -0.118. The van der Waals surface area contributed by atoms with Crippen LogP contribution in [0.4, 0.5) is 11.4 Å². The number of H-pyrrole nitrogens is 1. The first kappa shape index (κ1) is 19.8. The van der Waals surface area contributed by atoms with E-state index in [1.54, 1.807) is 4.90 Å². The first-order valence-electron chi connectivity index (χ1n) is 11.2. The maximum absolute atomic E-state index is 12.8. The molecule has 0 atom stereocenters. The van der Waals surface area contributed by atoms with Crippen LogP contribution >= 0.6 is 0 Å². The van der Waals surface area contributed by atoms with E-state index in [1.807, 2.05) is 24.3 Å². The Morgan fingerprint density at radius 3 is 2.61 bits per heavy atom. The fourth-order valence-electron chi connectivity index (χ4n) is 4.94. The van der Waals surface area contributed by atoms with Crippen molar-refractivity contribution in [3.63, 3.8) is 0 Å². The predicted molar refractivity (Wildman–Crippen MR) is 123 cm³/mol. The fourth-order valence-corrected chi connectivity index (χ4v) is 4.94. The Labute approximate surface area is 182 Å². The molecular formula is C25H28N4O2. The van der Waals surface area contributed by atoms with Crippen molar-refractivity contribution in [3.05, 3.63) is 60.3 Å². The van der Waals surface area contributed by atoms with Gasteiger partial charge in [-0.25, -0.2) is 0 Å². The summed E-state index contributed by atoms with van der Waals surface area (Å²) in [6.07, 6.45) is 5.69. The molecule has 6 nitrogen and oxygen atoms in total. The maximum atomic E-state index is 12.8. The maximum Gasteiger partial charge on any atom is 0.238 e. The lowest BCUT2D eigenvalue weighted by atomic mass is 9.89. The number of hydrogen-bond acceptors (Lipinski definition) is 3. The summed E-state index contributed by atoms with van der Waals surface area (Å²) < 4.78 is 0. The number of piperidine rings is 1. The molecule has 2 N–H and O–H groups in total. The Bertz CT molecular complexity index is 1100. The van der Waals surface area contributed by atoms with E-state index in [0.29, 0.717) is 25.4 Å². The lowest BCUT2D eigenvalue weighted by Crippen LogP contribution is -2.39. The molecule has 0 saturated carbocycles. The zero-order chi connectivity index (χ0) is 21.2. The van der Waals surface area contributed by atoms with Gasteiger partial charge in [-0.15, -0.1) is 0 Å². The van der Waals surface area contributed by atoms with Crippen LogP contribution in [0.3, 0.4) is 0 Å². The average Bonchev–Trinajstić information content (AvgIpc) is 3.41. The highest BCUT2D eigenvalue weighted by Crippen LogP contribution is 2.33. The number of aromatic nitrogens is 1. The molecule has 2 aromatic carbocycles. The SMILES string of the molecule is O=C(CN1CCC(c2c[nH]c3ccccc23)CC1)Nc1ccccc1N1CCCC1=O. The standard InChI is InChI=1S/C25H28N4O2/c30-24(27-22-8-3-4-9-23(22)29-13-5-10-25(29)31)17-28-14-11-18(12-15-28)20-16-26-21-7-2-1-6-19(20)21/h1-4,6-9,16,18,26H,5,10-15,17H2,(H,27,30). The van der Waals surface area contributed by atoms with Crippen LogP contribution in [0, 0.1) is 0 Å². The number of nitrogens with one attached hydrogen (secondary N) is 2. The summed E-state index contributed by atoms with van der Waals surface area (Å²) in [4.78, 5) is 32.3. The second-order valence-electron chi connectivity index (χ2n) is 8.55. The van der Waals surface area contributed by atoms with Crippen LogP contribution < -0.4 is 10.2 Å². The van der Waals surface area contributed by atoms with Gasteiger partial charge in [0.2, 0.25) is 11.8 Å². The number of nitrogens with zero attached hydrogens (tertiary/aromatic N) is 2. The van der Waals surface area contributed by atoms with Crippen LogP contribution in [0.5, 0.6) is 0 Å². The van der Waals surface area contributed by atoms with Gasteiger partial charge in [0.15, 0.2) is 0 Å². The number of anilines is 2. The molecule has 160 valence electrons. The third kappa shape index (κ3) is 4.08. The molecular weight excluding hydrogens is 388 g/mol. The molecule has 3 heterocycles. The smallest absolute Gasteiger partial charge is 0.238 e. The third-order valence-electron chi connectivity index (χ3n) is 6.56. The molecule has 5 rings (SSSR count). The summed E-state index contributed by atoms with van der Waals surface area (Å²) in [6.45, 7) is 2.91. The van der Waals surface area contributed by atoms with E-state index in [-0.39, 0.29) is 11.8 Å². The Morgan fingerprint density at radius 2 is 1.81 bits per heavy atom. The van der Waals surface area contributed by atoms with Crippen molar-refractivity contribution in [2.45, 2.75) is 31.6 Å². The van der Waals surface area contributed by atoms with Gasteiger partial charge in [0.05, 0.1) is 17.9 Å². The van der Waals surface area contributed by atoms with E-state index in [2.05, 4.69) is 45.7 Å². The van der Waals surface area contributed by atoms with Gasteiger partial charge in [-0.1, -0.05) is 30.3 Å². The molecule has 0 aliphatic carbocycles. The second kappa shape index (κ2) is 8.55. The van der Waals surface area contributed by atoms with E-state index in [9.17, 15) is 9.59 Å². The highest BCUT2D eigenvalue weighted by Gasteiger charge is 2.26. The van der Waals surface area contributed by atoms with Crippen LogP contribution in [0.15, 0.2) is 54.7 Å². The van der Waals surface area contributed by atoms with Gasteiger partial charge in [0, 0.05) is 30.1 Å². The molecule has 2 saturated heterocycles. The van der Waals surface area contributed by atoms with Gasteiger partial charge in [0.1, 0.15) is 0 Å². The third-order valence-corrected chi connectivity index (χ3v) is 6.56. The van der Waals surface area contributed by atoms with E-state index >= 15 is 0 Å². The van der Waals surface area contributed by atoms with Crippen molar-refractivity contribution in [2.24, 2.45) is 0 Å². The van der Waals surface area contributed by atoms with Crippen LogP contribution in [-0.2, 0) is 9.59 Å². The molecule has 31 heavy (non-hydrogen) atoms. The Kier molecular flexibility index (Phi) is 5.47. The zero-order valence-corrected chi connectivity index (χ0v) is 17.6. The van der Waals surface area contributed by atoms with Crippen molar-refractivity contribution in [2.75, 3.05) is 36.4 Å². The highest BCUT2D eigenvalue weighted by molar-refractivity contribution is 6.02. The molecule has 2 fully saturated rings. The molecule has 3 aromatic rings. The van der Waals surface area contributed by atoms with E-state index < -0.39 is 0 Å². The minimum atomic E-state index is -0.0235. The van der Waals surface area contributed by atoms with Gasteiger partial charge in [-0.05, 0) is 62.0 Å². The molecule has 0 spiro atoms. The largest absolute Gasteiger partial charge is 0.361 e. The Hall–Kier alpha value is -3.12. The van der Waals surface area contributed by atoms with Gasteiger partial charge in [0.25, 0.3) is 0 Å². The predicted octanol–water partition coefficient (Wildman–Crippen LogP) is 4.11. The number of amides is 2. The summed E-state index contributed by atoms with van der Waals surface area (Å²) in [5.74, 6) is 0.628. The number of rotatable bonds is 5. The lowest BCUT2D eigenvalue weighted by Gasteiger charge is -2.31. The molecule has 6 heteroatoms. The number of benzene rings is 2. The minimum Gasteiger partial charge on any atom is -0.361 e. The normalized spacial score (nSPS) is 18.1. The van der Waals surface area contributed by atoms with Crippen LogP contribution in [0.1, 0.15) is 37.2 Å². The zero-order valence-electron chi connectivity index (χ0n) is 17.6. The van der Waals surface area contributed by atoms with Crippen molar-refractivity contribution < 1.29 is 9.59 Å². The molecule has 0 bridgehead atoms. The Morgan fingerprint density at radius 1 is 1.03 bits per heavy atom. The summed E-state index contributed by atoms with van der Waals surface area (Å²) in [6, 6.07) is 16.0. The second-order valence-corrected chi connectivity index (χ2v) is 8.55. The van der Waals surface area contributed by atoms with Gasteiger partial charge in [-0.3, -0.25) is 14.5 Å². The number of para-hydroxylation sites is 3. The quantitative estimate of drug-likeness (QED) is 0.658. The number of aromatic amines is 1. The van der Waals surface area contributed by atoms with Crippen molar-refractivity contribution in [1.29, 1.82) is 0 Å². The van der Waals surface area contributed by atoms with Crippen molar-refractivity contribution in [1.82, 2.24) is 9.88 Å². The number of carbonyl (C=O) groups excluding carboxylic acids is 2. The summed E-state index contributed by atoms with van der Waals surface area (Å²) in [5, 5.41) is 4.35. The molecule has 2 amide bonds. The van der Waals surface area contributed by atoms with Gasteiger partial charge >= 0.3 is 0 Å². The average molecular weight is 417 g/mol. The summed E-state index contributed by atoms with van der Waals surface area (Å²) >= 11 is 0. The molecule has 2 aliphatic heterocycles. The molecule has 0 unspecified atom stereocenters. The number of likely N-dealkylation sites (tertiary alicyclic amines) is 1. The summed E-state index contributed by atoms with van der Waals surface area (Å²) in [5.41, 5.74) is 4.10. The number of hydrogen-bond donors (Lipinski definition) is 2. The number of carbonyl (C=O) groups is 2. The molecule has 2 aliphatic rings. The van der Waals surface area contributed by atoms with E-state index in [4.69, 9.17) is 0 Å². The van der Waals surface area contributed by atoms with Crippen LogP contribution in [0.25, 0.3) is 10.9 Å². The van der Waals surface area contributed by atoms with Gasteiger partial charge in [-0.2, -0.15) is 0 Å². The van der Waals surface area contributed by atoms with Crippen LogP contribution in [0.2, 0.25) is 0 Å².